The quantitative estimate of drug-likeness (QED) is 0.850. The summed E-state index contributed by atoms with van der Waals surface area (Å²) in [4.78, 5) is 12.5. The molecule has 2 rings (SSSR count). The van der Waals surface area contributed by atoms with Gasteiger partial charge in [-0.3, -0.25) is 9.10 Å². The average molecular weight is 366 g/mol. The van der Waals surface area contributed by atoms with Gasteiger partial charge in [0, 0.05) is 13.6 Å². The maximum absolute atomic E-state index is 12.9. The van der Waals surface area contributed by atoms with Crippen LogP contribution in [-0.4, -0.2) is 34.7 Å². The van der Waals surface area contributed by atoms with E-state index in [9.17, 15) is 17.6 Å². The number of methoxy groups -OCH3 is 1. The number of rotatable bonds is 6. The minimum Gasteiger partial charge on any atom is -0.496 e. The summed E-state index contributed by atoms with van der Waals surface area (Å²) in [6.07, 6.45) is 1.07. The number of hydrogen-bond acceptors (Lipinski definition) is 4. The van der Waals surface area contributed by atoms with Crippen molar-refractivity contribution in [2.45, 2.75) is 6.54 Å². The predicted octanol–water partition coefficient (Wildman–Crippen LogP) is 2.16. The maximum atomic E-state index is 12.9. The Morgan fingerprint density at radius 1 is 1.20 bits per heavy atom. The van der Waals surface area contributed by atoms with E-state index < -0.39 is 15.9 Å². The second kappa shape index (κ2) is 7.52. The summed E-state index contributed by atoms with van der Waals surface area (Å²) in [5, 5.41) is 2.70. The Labute approximate surface area is 146 Å². The number of nitrogens with one attached hydrogen (secondary N) is 1. The molecule has 6 nitrogen and oxygen atoms in total. The molecule has 2 aromatic carbocycles. The van der Waals surface area contributed by atoms with Gasteiger partial charge < -0.3 is 10.1 Å². The van der Waals surface area contributed by atoms with E-state index in [1.54, 1.807) is 18.2 Å². The fourth-order valence-electron chi connectivity index (χ4n) is 2.14. The van der Waals surface area contributed by atoms with E-state index in [0.717, 1.165) is 16.1 Å². The van der Waals surface area contributed by atoms with Gasteiger partial charge in [0.2, 0.25) is 10.0 Å². The van der Waals surface area contributed by atoms with Crippen LogP contribution in [0.2, 0.25) is 0 Å². The van der Waals surface area contributed by atoms with Gasteiger partial charge in [-0.15, -0.1) is 0 Å². The normalized spacial score (nSPS) is 11.0. The molecular weight excluding hydrogens is 347 g/mol. The lowest BCUT2D eigenvalue weighted by molar-refractivity contribution is 0.0948. The number of halogens is 1. The van der Waals surface area contributed by atoms with Crippen LogP contribution < -0.4 is 14.4 Å². The molecule has 1 amide bonds. The first-order valence-electron chi connectivity index (χ1n) is 7.37. The first-order valence-corrected chi connectivity index (χ1v) is 9.22. The summed E-state index contributed by atoms with van der Waals surface area (Å²) in [5.41, 5.74) is 1.28. The standard InChI is InChI=1S/C17H19FN2O4S/c1-20(25(3,22)23)14-8-9-16(24-2)15(10-14)17(21)19-11-12-4-6-13(18)7-5-12/h4-10H,11H2,1-3H3,(H,19,21). The van der Waals surface area contributed by atoms with Crippen molar-refractivity contribution in [3.63, 3.8) is 0 Å². The van der Waals surface area contributed by atoms with Crippen molar-refractivity contribution in [3.05, 3.63) is 59.4 Å². The Kier molecular flexibility index (Phi) is 5.63. The van der Waals surface area contributed by atoms with Gasteiger partial charge in [0.25, 0.3) is 5.91 Å². The first kappa shape index (κ1) is 18.7. The number of nitrogens with zero attached hydrogens (tertiary/aromatic N) is 1. The van der Waals surface area contributed by atoms with E-state index in [1.165, 1.54) is 38.4 Å². The molecule has 0 heterocycles. The average Bonchev–Trinajstić information content (AvgIpc) is 2.59. The van der Waals surface area contributed by atoms with Crippen molar-refractivity contribution in [3.8, 4) is 5.75 Å². The Morgan fingerprint density at radius 3 is 2.40 bits per heavy atom. The van der Waals surface area contributed by atoms with Crippen molar-refractivity contribution in [2.24, 2.45) is 0 Å². The molecule has 25 heavy (non-hydrogen) atoms. The van der Waals surface area contributed by atoms with Crippen molar-refractivity contribution in [1.82, 2.24) is 5.32 Å². The Morgan fingerprint density at radius 2 is 1.84 bits per heavy atom. The number of benzene rings is 2. The molecule has 0 saturated heterocycles. The zero-order valence-electron chi connectivity index (χ0n) is 14.1. The number of carbonyl (C=O) groups is 1. The van der Waals surface area contributed by atoms with E-state index >= 15 is 0 Å². The predicted molar refractivity (Wildman–Crippen MR) is 93.8 cm³/mol. The number of sulfonamides is 1. The van der Waals surface area contributed by atoms with Crippen LogP contribution >= 0.6 is 0 Å². The van der Waals surface area contributed by atoms with Crippen LogP contribution in [0.3, 0.4) is 0 Å². The molecule has 0 aliphatic rings. The second-order valence-corrected chi connectivity index (χ2v) is 7.44. The third kappa shape index (κ3) is 4.69. The summed E-state index contributed by atoms with van der Waals surface area (Å²) in [6.45, 7) is 0.203. The molecule has 1 N–H and O–H groups in total. The molecule has 0 aromatic heterocycles. The van der Waals surface area contributed by atoms with Crippen molar-refractivity contribution >= 4 is 21.6 Å². The summed E-state index contributed by atoms with van der Waals surface area (Å²) >= 11 is 0. The molecule has 0 radical (unpaired) electrons. The molecule has 0 spiro atoms. The molecule has 0 saturated carbocycles. The molecule has 0 atom stereocenters. The third-order valence-corrected chi connectivity index (χ3v) is 4.86. The zero-order valence-corrected chi connectivity index (χ0v) is 14.9. The highest BCUT2D eigenvalue weighted by atomic mass is 32.2. The van der Waals surface area contributed by atoms with Crippen LogP contribution in [0.5, 0.6) is 5.75 Å². The maximum Gasteiger partial charge on any atom is 0.255 e. The molecule has 0 aliphatic carbocycles. The minimum atomic E-state index is -3.45. The summed E-state index contributed by atoms with van der Waals surface area (Å²) in [6, 6.07) is 10.3. The van der Waals surface area contributed by atoms with E-state index in [-0.39, 0.29) is 17.9 Å². The van der Waals surface area contributed by atoms with Crippen LogP contribution in [0.25, 0.3) is 0 Å². The fourth-order valence-corrected chi connectivity index (χ4v) is 2.64. The summed E-state index contributed by atoms with van der Waals surface area (Å²) < 4.78 is 42.5. The molecule has 2 aromatic rings. The smallest absolute Gasteiger partial charge is 0.255 e. The lowest BCUT2D eigenvalue weighted by Gasteiger charge is -2.18. The van der Waals surface area contributed by atoms with E-state index in [1.807, 2.05) is 0 Å². The third-order valence-electron chi connectivity index (χ3n) is 3.66. The molecular formula is C17H19FN2O4S. The van der Waals surface area contributed by atoms with Crippen LogP contribution in [0.15, 0.2) is 42.5 Å². The van der Waals surface area contributed by atoms with Gasteiger partial charge in [-0.1, -0.05) is 12.1 Å². The topological polar surface area (TPSA) is 75.7 Å². The van der Waals surface area contributed by atoms with Crippen molar-refractivity contribution in [2.75, 3.05) is 24.7 Å². The number of anilines is 1. The van der Waals surface area contributed by atoms with Gasteiger partial charge in [0.1, 0.15) is 11.6 Å². The highest BCUT2D eigenvalue weighted by Gasteiger charge is 2.18. The Balaban J connectivity index is 2.23. The zero-order chi connectivity index (χ0) is 18.6. The largest absolute Gasteiger partial charge is 0.496 e. The lowest BCUT2D eigenvalue weighted by atomic mass is 10.1. The van der Waals surface area contributed by atoms with Crippen molar-refractivity contribution in [1.29, 1.82) is 0 Å². The Bertz CT molecular complexity index is 867. The number of hydrogen-bond donors (Lipinski definition) is 1. The molecule has 8 heteroatoms. The first-order chi connectivity index (χ1) is 11.7. The highest BCUT2D eigenvalue weighted by Crippen LogP contribution is 2.25. The van der Waals surface area contributed by atoms with Gasteiger partial charge in [-0.2, -0.15) is 0 Å². The minimum absolute atomic E-state index is 0.203. The second-order valence-electron chi connectivity index (χ2n) is 5.42. The molecule has 0 aliphatic heterocycles. The number of carbonyl (C=O) groups excluding carboxylic acids is 1. The Hall–Kier alpha value is -2.61. The highest BCUT2D eigenvalue weighted by molar-refractivity contribution is 7.92. The van der Waals surface area contributed by atoms with Gasteiger partial charge >= 0.3 is 0 Å². The van der Waals surface area contributed by atoms with E-state index in [4.69, 9.17) is 4.74 Å². The molecule has 0 fully saturated rings. The van der Waals surface area contributed by atoms with E-state index in [0.29, 0.717) is 11.4 Å². The van der Waals surface area contributed by atoms with Gasteiger partial charge in [0.15, 0.2) is 0 Å². The van der Waals surface area contributed by atoms with Crippen molar-refractivity contribution < 1.29 is 22.3 Å². The van der Waals surface area contributed by atoms with Gasteiger partial charge in [-0.25, -0.2) is 12.8 Å². The number of amides is 1. The van der Waals surface area contributed by atoms with Crippen LogP contribution in [0, 0.1) is 5.82 Å². The molecule has 134 valence electrons. The molecule has 0 bridgehead atoms. The van der Waals surface area contributed by atoms with Gasteiger partial charge in [-0.05, 0) is 35.9 Å². The van der Waals surface area contributed by atoms with E-state index in [2.05, 4.69) is 5.32 Å². The SMILES string of the molecule is COc1ccc(N(C)S(C)(=O)=O)cc1C(=O)NCc1ccc(F)cc1. The lowest BCUT2D eigenvalue weighted by Crippen LogP contribution is -2.26. The molecule has 0 unspecified atom stereocenters. The summed E-state index contributed by atoms with van der Waals surface area (Å²) in [7, 11) is -0.629. The van der Waals surface area contributed by atoms with Gasteiger partial charge in [0.05, 0.1) is 24.6 Å². The van der Waals surface area contributed by atoms with Crippen LogP contribution in [0.4, 0.5) is 10.1 Å². The fraction of sp³-hybridized carbons (Fsp3) is 0.235. The monoisotopic (exact) mass is 366 g/mol. The van der Waals surface area contributed by atoms with Crippen LogP contribution in [-0.2, 0) is 16.6 Å². The summed E-state index contributed by atoms with van der Waals surface area (Å²) in [5.74, 6) is -0.458. The van der Waals surface area contributed by atoms with Crippen LogP contribution in [0.1, 0.15) is 15.9 Å². The number of ether oxygens (including phenoxy) is 1.